The summed E-state index contributed by atoms with van der Waals surface area (Å²) >= 11 is 6.00. The van der Waals surface area contributed by atoms with Crippen LogP contribution in [0.25, 0.3) is 0 Å². The molecule has 0 amide bonds. The van der Waals surface area contributed by atoms with E-state index in [0.717, 1.165) is 12.0 Å². The Balaban J connectivity index is 2.11. The zero-order chi connectivity index (χ0) is 13.2. The van der Waals surface area contributed by atoms with Crippen molar-refractivity contribution in [2.45, 2.75) is 44.3 Å². The van der Waals surface area contributed by atoms with Crippen LogP contribution in [0, 0.1) is 5.82 Å². The highest BCUT2D eigenvalue weighted by Crippen LogP contribution is 2.32. The van der Waals surface area contributed by atoms with Gasteiger partial charge in [0.25, 0.3) is 0 Å². The van der Waals surface area contributed by atoms with Gasteiger partial charge in [0.2, 0.25) is 0 Å². The number of hydrogen-bond acceptors (Lipinski definition) is 2. The minimum absolute atomic E-state index is 0.1000. The molecule has 18 heavy (non-hydrogen) atoms. The fourth-order valence-corrected chi connectivity index (χ4v) is 2.68. The van der Waals surface area contributed by atoms with Crippen molar-refractivity contribution >= 4 is 11.6 Å². The molecule has 2 unspecified atom stereocenters. The van der Waals surface area contributed by atoms with Crippen LogP contribution >= 0.6 is 11.6 Å². The predicted molar refractivity (Wildman–Crippen MR) is 69.3 cm³/mol. The average Bonchev–Trinajstić information content (AvgIpc) is 2.33. The molecule has 1 aliphatic heterocycles. The van der Waals surface area contributed by atoms with Gasteiger partial charge in [0.15, 0.2) is 0 Å². The molecule has 0 aliphatic carbocycles. The lowest BCUT2D eigenvalue weighted by molar-refractivity contribution is -0.103. The maximum absolute atomic E-state index is 13.0. The summed E-state index contributed by atoms with van der Waals surface area (Å²) in [5.74, 6) is -0.353. The van der Waals surface area contributed by atoms with Crippen molar-refractivity contribution in [3.8, 4) is 0 Å². The van der Waals surface area contributed by atoms with Crippen molar-refractivity contribution in [1.82, 2.24) is 0 Å². The quantitative estimate of drug-likeness (QED) is 0.914. The number of benzene rings is 1. The molecule has 1 N–H and O–H groups in total. The van der Waals surface area contributed by atoms with Crippen LogP contribution in [-0.2, 0) is 11.2 Å². The summed E-state index contributed by atoms with van der Waals surface area (Å²) in [5, 5.41) is 11.0. The van der Waals surface area contributed by atoms with E-state index in [1.54, 1.807) is 6.07 Å². The Bertz CT molecular complexity index is 424. The van der Waals surface area contributed by atoms with Crippen LogP contribution in [-0.4, -0.2) is 23.4 Å². The molecule has 100 valence electrons. The normalized spacial score (nSPS) is 28.3. The second-order valence-electron chi connectivity index (χ2n) is 4.99. The van der Waals surface area contributed by atoms with Gasteiger partial charge in [-0.3, -0.25) is 0 Å². The van der Waals surface area contributed by atoms with Crippen molar-refractivity contribution < 1.29 is 14.2 Å². The lowest BCUT2D eigenvalue weighted by Crippen LogP contribution is -2.42. The van der Waals surface area contributed by atoms with Crippen molar-refractivity contribution in [1.29, 1.82) is 0 Å². The van der Waals surface area contributed by atoms with E-state index in [9.17, 15) is 9.50 Å². The van der Waals surface area contributed by atoms with E-state index >= 15 is 0 Å². The van der Waals surface area contributed by atoms with Crippen molar-refractivity contribution in [3.63, 3.8) is 0 Å². The molecule has 2 rings (SSSR count). The maximum atomic E-state index is 13.0. The van der Waals surface area contributed by atoms with Gasteiger partial charge in [-0.1, -0.05) is 24.6 Å². The average molecular weight is 273 g/mol. The van der Waals surface area contributed by atoms with Gasteiger partial charge in [-0.25, -0.2) is 4.39 Å². The second-order valence-corrected chi connectivity index (χ2v) is 5.40. The van der Waals surface area contributed by atoms with Gasteiger partial charge < -0.3 is 9.84 Å². The topological polar surface area (TPSA) is 29.5 Å². The van der Waals surface area contributed by atoms with Crippen LogP contribution in [0.5, 0.6) is 0 Å². The van der Waals surface area contributed by atoms with E-state index in [0.29, 0.717) is 30.9 Å². The molecule has 0 spiro atoms. The van der Waals surface area contributed by atoms with E-state index in [1.807, 2.05) is 6.92 Å². The summed E-state index contributed by atoms with van der Waals surface area (Å²) in [6.07, 6.45) is 2.64. The number of aliphatic hydroxyl groups is 1. The van der Waals surface area contributed by atoms with Gasteiger partial charge in [0.05, 0.1) is 11.7 Å². The Labute approximate surface area is 112 Å². The predicted octanol–water partition coefficient (Wildman–Crippen LogP) is 3.34. The van der Waals surface area contributed by atoms with Crippen molar-refractivity contribution in [3.05, 3.63) is 34.6 Å². The Morgan fingerprint density at radius 1 is 1.56 bits per heavy atom. The van der Waals surface area contributed by atoms with Crippen LogP contribution in [0.3, 0.4) is 0 Å². The van der Waals surface area contributed by atoms with Crippen LogP contribution in [0.2, 0.25) is 5.02 Å². The first-order valence-electron chi connectivity index (χ1n) is 6.30. The summed E-state index contributed by atoms with van der Waals surface area (Å²) in [6, 6.07) is 4.31. The van der Waals surface area contributed by atoms with E-state index < -0.39 is 5.60 Å². The fraction of sp³-hybridized carbons (Fsp3) is 0.571. The number of hydrogen-bond donors (Lipinski definition) is 1. The summed E-state index contributed by atoms with van der Waals surface area (Å²) in [4.78, 5) is 0. The number of ether oxygens (including phenoxy) is 1. The van der Waals surface area contributed by atoms with Gasteiger partial charge in [0, 0.05) is 24.5 Å². The molecule has 1 aromatic carbocycles. The van der Waals surface area contributed by atoms with Gasteiger partial charge in [0.1, 0.15) is 5.82 Å². The maximum Gasteiger partial charge on any atom is 0.124 e. The molecule has 1 aromatic rings. The highest BCUT2D eigenvalue weighted by molar-refractivity contribution is 6.31. The minimum Gasteiger partial charge on any atom is -0.389 e. The molecular formula is C14H18ClFO2. The Morgan fingerprint density at radius 3 is 3.00 bits per heavy atom. The highest BCUT2D eigenvalue weighted by atomic mass is 35.5. The lowest BCUT2D eigenvalue weighted by atomic mass is 9.84. The summed E-state index contributed by atoms with van der Waals surface area (Å²) < 4.78 is 18.5. The van der Waals surface area contributed by atoms with Crippen LogP contribution in [0.1, 0.15) is 31.7 Å². The number of rotatable bonds is 3. The minimum atomic E-state index is -0.791. The van der Waals surface area contributed by atoms with E-state index in [1.165, 1.54) is 12.1 Å². The third-order valence-corrected chi connectivity index (χ3v) is 3.87. The summed E-state index contributed by atoms with van der Waals surface area (Å²) in [7, 11) is 0. The molecule has 1 aliphatic rings. The van der Waals surface area contributed by atoms with Crippen LogP contribution in [0.4, 0.5) is 4.39 Å². The summed E-state index contributed by atoms with van der Waals surface area (Å²) in [5.41, 5.74) is -0.00209. The molecular weight excluding hydrogens is 255 g/mol. The molecule has 1 heterocycles. The first kappa shape index (κ1) is 13.8. The molecule has 4 heteroatoms. The Hall–Kier alpha value is -0.640. The van der Waals surface area contributed by atoms with E-state index in [2.05, 4.69) is 0 Å². The smallest absolute Gasteiger partial charge is 0.124 e. The van der Waals surface area contributed by atoms with Gasteiger partial charge >= 0.3 is 0 Å². The van der Waals surface area contributed by atoms with Gasteiger partial charge in [-0.05, 0) is 30.5 Å². The van der Waals surface area contributed by atoms with E-state index in [4.69, 9.17) is 16.3 Å². The Kier molecular flexibility index (Phi) is 4.25. The third kappa shape index (κ3) is 3.22. The molecule has 1 fully saturated rings. The van der Waals surface area contributed by atoms with Crippen LogP contribution in [0.15, 0.2) is 18.2 Å². The van der Waals surface area contributed by atoms with Crippen LogP contribution < -0.4 is 0 Å². The highest BCUT2D eigenvalue weighted by Gasteiger charge is 2.34. The SMILES string of the molecule is CCC1CC(O)(Cc2ccc(F)cc2Cl)CCO1. The zero-order valence-corrected chi connectivity index (χ0v) is 11.2. The van der Waals surface area contributed by atoms with E-state index in [-0.39, 0.29) is 11.9 Å². The lowest BCUT2D eigenvalue weighted by Gasteiger charge is -2.37. The molecule has 0 bridgehead atoms. The number of halogens is 2. The zero-order valence-electron chi connectivity index (χ0n) is 10.5. The van der Waals surface area contributed by atoms with Gasteiger partial charge in [-0.15, -0.1) is 0 Å². The standard InChI is InChI=1S/C14H18ClFO2/c1-2-12-9-14(17,5-6-18-12)8-10-3-4-11(16)7-13(10)15/h3-4,7,12,17H,2,5-6,8-9H2,1H3. The largest absolute Gasteiger partial charge is 0.389 e. The third-order valence-electron chi connectivity index (χ3n) is 3.52. The van der Waals surface area contributed by atoms with Crippen molar-refractivity contribution in [2.75, 3.05) is 6.61 Å². The first-order valence-corrected chi connectivity index (χ1v) is 6.68. The van der Waals surface area contributed by atoms with Gasteiger partial charge in [-0.2, -0.15) is 0 Å². The molecule has 1 saturated heterocycles. The molecule has 0 aromatic heterocycles. The first-order chi connectivity index (χ1) is 8.52. The second kappa shape index (κ2) is 5.55. The monoisotopic (exact) mass is 272 g/mol. The molecule has 2 nitrogen and oxygen atoms in total. The Morgan fingerprint density at radius 2 is 2.33 bits per heavy atom. The molecule has 0 saturated carbocycles. The van der Waals surface area contributed by atoms with Crippen molar-refractivity contribution in [2.24, 2.45) is 0 Å². The molecule has 2 atom stereocenters. The fourth-order valence-electron chi connectivity index (χ4n) is 2.44. The summed E-state index contributed by atoms with van der Waals surface area (Å²) in [6.45, 7) is 2.61. The molecule has 0 radical (unpaired) electrons.